The predicted molar refractivity (Wildman–Crippen MR) is 77.7 cm³/mol. The van der Waals surface area contributed by atoms with Crippen molar-refractivity contribution >= 4 is 33.3 Å². The zero-order chi connectivity index (χ0) is 13.5. The summed E-state index contributed by atoms with van der Waals surface area (Å²) in [6.45, 7) is 4.59. The summed E-state index contributed by atoms with van der Waals surface area (Å²) in [7, 11) is 0. The number of aliphatic hydroxyl groups excluding tert-OH is 1. The molecule has 0 bridgehead atoms. The summed E-state index contributed by atoms with van der Waals surface area (Å²) in [4.78, 5) is 12.7. The molecule has 4 nitrogen and oxygen atoms in total. The van der Waals surface area contributed by atoms with Gasteiger partial charge in [-0.05, 0) is 34.3 Å². The molecule has 2 amide bonds. The number of carbonyl (C=O) groups excluding carboxylic acids is 1. The molecule has 0 radical (unpaired) electrons. The summed E-state index contributed by atoms with van der Waals surface area (Å²) in [6.07, 6.45) is 0.772. The van der Waals surface area contributed by atoms with Gasteiger partial charge in [-0.3, -0.25) is 0 Å². The molecule has 1 heterocycles. The molecule has 0 aromatic carbocycles. The first-order valence-electron chi connectivity index (χ1n) is 5.89. The molecule has 18 heavy (non-hydrogen) atoms. The fourth-order valence-corrected chi connectivity index (χ4v) is 2.99. The summed E-state index contributed by atoms with van der Waals surface area (Å²) in [5.74, 6) is 0.440. The molecule has 1 unspecified atom stereocenters. The van der Waals surface area contributed by atoms with Crippen molar-refractivity contribution in [2.24, 2.45) is 5.92 Å². The molecule has 6 heteroatoms. The van der Waals surface area contributed by atoms with Gasteiger partial charge in [0.05, 0.1) is 19.2 Å². The lowest BCUT2D eigenvalue weighted by atomic mass is 10.0. The van der Waals surface area contributed by atoms with E-state index in [0.717, 1.165) is 15.8 Å². The number of hydrogen-bond donors (Lipinski definition) is 3. The number of thiophene rings is 1. The molecule has 1 aromatic heterocycles. The number of aliphatic hydroxyl groups is 1. The van der Waals surface area contributed by atoms with E-state index >= 15 is 0 Å². The second-order valence-electron chi connectivity index (χ2n) is 4.57. The smallest absolute Gasteiger partial charge is 0.315 e. The summed E-state index contributed by atoms with van der Waals surface area (Å²) in [5.41, 5.74) is 0. The highest BCUT2D eigenvalue weighted by molar-refractivity contribution is 9.10. The summed E-state index contributed by atoms with van der Waals surface area (Å²) >= 11 is 4.95. The Morgan fingerprint density at radius 1 is 1.56 bits per heavy atom. The lowest BCUT2D eigenvalue weighted by Crippen LogP contribution is -2.44. The second-order valence-corrected chi connectivity index (χ2v) is 6.48. The van der Waals surface area contributed by atoms with Crippen LogP contribution in [0, 0.1) is 5.92 Å². The number of hydrogen-bond acceptors (Lipinski definition) is 3. The van der Waals surface area contributed by atoms with E-state index in [2.05, 4.69) is 40.4 Å². The molecule has 1 rings (SSSR count). The van der Waals surface area contributed by atoms with E-state index in [-0.39, 0.29) is 18.7 Å². The van der Waals surface area contributed by atoms with Crippen molar-refractivity contribution in [1.82, 2.24) is 10.6 Å². The van der Waals surface area contributed by atoms with Gasteiger partial charge in [0.1, 0.15) is 0 Å². The van der Waals surface area contributed by atoms with Gasteiger partial charge < -0.3 is 15.7 Å². The van der Waals surface area contributed by atoms with Crippen LogP contribution in [0.2, 0.25) is 0 Å². The van der Waals surface area contributed by atoms with Crippen LogP contribution in [0.4, 0.5) is 4.79 Å². The maximum Gasteiger partial charge on any atom is 0.315 e. The third-order valence-electron chi connectivity index (χ3n) is 2.36. The molecule has 102 valence electrons. The van der Waals surface area contributed by atoms with Gasteiger partial charge in [-0.25, -0.2) is 4.79 Å². The highest BCUT2D eigenvalue weighted by atomic mass is 79.9. The molecular weight excluding hydrogens is 316 g/mol. The van der Waals surface area contributed by atoms with Gasteiger partial charge in [-0.15, -0.1) is 11.3 Å². The second kappa shape index (κ2) is 7.76. The normalized spacial score (nSPS) is 12.5. The quantitative estimate of drug-likeness (QED) is 0.749. The maximum absolute atomic E-state index is 11.6. The lowest BCUT2D eigenvalue weighted by molar-refractivity contribution is 0.207. The first kappa shape index (κ1) is 15.5. The Labute approximate surface area is 120 Å². The van der Waals surface area contributed by atoms with Gasteiger partial charge >= 0.3 is 6.03 Å². The molecule has 1 atom stereocenters. The minimum Gasteiger partial charge on any atom is -0.394 e. The number of urea groups is 1. The van der Waals surface area contributed by atoms with E-state index in [1.54, 1.807) is 11.3 Å². The van der Waals surface area contributed by atoms with Crippen molar-refractivity contribution in [1.29, 1.82) is 0 Å². The summed E-state index contributed by atoms with van der Waals surface area (Å²) < 4.78 is 1.03. The molecule has 0 saturated heterocycles. The molecule has 0 saturated carbocycles. The van der Waals surface area contributed by atoms with Crippen molar-refractivity contribution in [3.8, 4) is 0 Å². The highest BCUT2D eigenvalue weighted by Gasteiger charge is 2.12. The molecular formula is C12H19BrN2O2S. The van der Waals surface area contributed by atoms with Gasteiger partial charge in [-0.2, -0.15) is 0 Å². The van der Waals surface area contributed by atoms with Crippen molar-refractivity contribution in [2.75, 3.05) is 6.61 Å². The maximum atomic E-state index is 11.6. The average Bonchev–Trinajstić information content (AvgIpc) is 2.71. The molecule has 0 aliphatic rings. The van der Waals surface area contributed by atoms with Crippen LogP contribution in [-0.2, 0) is 6.54 Å². The van der Waals surface area contributed by atoms with Crippen molar-refractivity contribution < 1.29 is 9.90 Å². The van der Waals surface area contributed by atoms with Gasteiger partial charge in [-0.1, -0.05) is 13.8 Å². The Morgan fingerprint density at radius 3 is 2.78 bits per heavy atom. The lowest BCUT2D eigenvalue weighted by Gasteiger charge is -2.18. The van der Waals surface area contributed by atoms with Gasteiger partial charge in [0, 0.05) is 14.7 Å². The Balaban J connectivity index is 2.32. The van der Waals surface area contributed by atoms with Crippen LogP contribution >= 0.6 is 27.3 Å². The van der Waals surface area contributed by atoms with Crippen LogP contribution in [0.3, 0.4) is 0 Å². The van der Waals surface area contributed by atoms with E-state index in [1.165, 1.54) is 0 Å². The van der Waals surface area contributed by atoms with E-state index in [4.69, 9.17) is 5.11 Å². The fourth-order valence-electron chi connectivity index (χ4n) is 1.60. The van der Waals surface area contributed by atoms with E-state index < -0.39 is 0 Å². The minimum absolute atomic E-state index is 0.0316. The largest absolute Gasteiger partial charge is 0.394 e. The van der Waals surface area contributed by atoms with Gasteiger partial charge in [0.25, 0.3) is 0 Å². The van der Waals surface area contributed by atoms with E-state index in [1.807, 2.05) is 11.4 Å². The van der Waals surface area contributed by atoms with Crippen molar-refractivity contribution in [3.63, 3.8) is 0 Å². The predicted octanol–water partition coefficient (Wildman–Crippen LogP) is 2.72. The van der Waals surface area contributed by atoms with Crippen molar-refractivity contribution in [3.05, 3.63) is 20.8 Å². The monoisotopic (exact) mass is 334 g/mol. The first-order valence-corrected chi connectivity index (χ1v) is 7.56. The third-order valence-corrected chi connectivity index (χ3v) is 4.05. The summed E-state index contributed by atoms with van der Waals surface area (Å²) in [5, 5.41) is 16.7. The van der Waals surface area contributed by atoms with E-state index in [9.17, 15) is 4.79 Å². The van der Waals surface area contributed by atoms with Crippen LogP contribution < -0.4 is 10.6 Å². The Kier molecular flexibility index (Phi) is 6.67. The van der Waals surface area contributed by atoms with Crippen LogP contribution in [0.1, 0.15) is 25.1 Å². The van der Waals surface area contributed by atoms with Gasteiger partial charge in [0.15, 0.2) is 0 Å². The van der Waals surface area contributed by atoms with Crippen LogP contribution in [0.5, 0.6) is 0 Å². The number of halogens is 1. The molecule has 3 N–H and O–H groups in total. The Bertz CT molecular complexity index is 382. The van der Waals surface area contributed by atoms with Gasteiger partial charge in [0.2, 0.25) is 0 Å². The highest BCUT2D eigenvalue weighted by Crippen LogP contribution is 2.19. The zero-order valence-corrected chi connectivity index (χ0v) is 13.0. The topological polar surface area (TPSA) is 61.4 Å². The molecule has 0 spiro atoms. The number of carbonyl (C=O) groups is 1. The number of rotatable bonds is 6. The van der Waals surface area contributed by atoms with E-state index in [0.29, 0.717) is 12.5 Å². The van der Waals surface area contributed by atoms with Crippen LogP contribution in [0.25, 0.3) is 0 Å². The zero-order valence-electron chi connectivity index (χ0n) is 10.6. The SMILES string of the molecule is CC(C)CC(CO)NC(=O)NCc1cc(Br)cs1. The average molecular weight is 335 g/mol. The molecule has 0 fully saturated rings. The molecule has 0 aliphatic heterocycles. The standard InChI is InChI=1S/C12H19BrN2O2S/c1-8(2)3-10(6-16)15-12(17)14-5-11-4-9(13)7-18-11/h4,7-8,10,16H,3,5-6H2,1-2H3,(H2,14,15,17). The van der Waals surface area contributed by atoms with Crippen LogP contribution in [0.15, 0.2) is 15.9 Å². The van der Waals surface area contributed by atoms with Crippen molar-refractivity contribution in [2.45, 2.75) is 32.9 Å². The van der Waals surface area contributed by atoms with Crippen LogP contribution in [-0.4, -0.2) is 23.8 Å². The molecule has 0 aliphatic carbocycles. The fraction of sp³-hybridized carbons (Fsp3) is 0.583. The Hall–Kier alpha value is -0.590. The summed E-state index contributed by atoms with van der Waals surface area (Å²) in [6, 6.07) is 1.56. The molecule has 1 aromatic rings. The minimum atomic E-state index is -0.237. The first-order chi connectivity index (χ1) is 8.51. The number of amides is 2. The third kappa shape index (κ3) is 5.84. The Morgan fingerprint density at radius 2 is 2.28 bits per heavy atom. The number of nitrogens with one attached hydrogen (secondary N) is 2.